The maximum absolute atomic E-state index is 6.01. The Morgan fingerprint density at radius 3 is 2.68 bits per heavy atom. The SMILES string of the molecule is CCOc1ccccc1-n1ccc([C@H]2OCCN2c2ccccc2)c1. The maximum Gasteiger partial charge on any atom is 0.158 e. The molecular weight excluding hydrogens is 312 g/mol. The molecule has 0 spiro atoms. The van der Waals surface area contributed by atoms with Crippen molar-refractivity contribution in [3.63, 3.8) is 0 Å². The topological polar surface area (TPSA) is 26.6 Å². The first-order chi connectivity index (χ1) is 12.4. The number of rotatable bonds is 5. The number of hydrogen-bond acceptors (Lipinski definition) is 3. The molecule has 0 aliphatic carbocycles. The average Bonchev–Trinajstić information content (AvgIpc) is 3.32. The van der Waals surface area contributed by atoms with Crippen molar-refractivity contribution < 1.29 is 9.47 Å². The second-order valence-electron chi connectivity index (χ2n) is 6.00. The van der Waals surface area contributed by atoms with Crippen LogP contribution in [0.4, 0.5) is 5.69 Å². The minimum absolute atomic E-state index is 0.0529. The van der Waals surface area contributed by atoms with Gasteiger partial charge in [-0.15, -0.1) is 0 Å². The monoisotopic (exact) mass is 334 g/mol. The highest BCUT2D eigenvalue weighted by Gasteiger charge is 2.27. The smallest absolute Gasteiger partial charge is 0.158 e. The summed E-state index contributed by atoms with van der Waals surface area (Å²) in [5.74, 6) is 0.888. The molecule has 0 N–H and O–H groups in total. The van der Waals surface area contributed by atoms with E-state index in [1.807, 2.05) is 31.2 Å². The van der Waals surface area contributed by atoms with Gasteiger partial charge in [0.2, 0.25) is 0 Å². The summed E-state index contributed by atoms with van der Waals surface area (Å²) in [5, 5.41) is 0. The number of hydrogen-bond donors (Lipinski definition) is 0. The maximum atomic E-state index is 6.01. The van der Waals surface area contributed by atoms with E-state index in [2.05, 4.69) is 58.3 Å². The van der Waals surface area contributed by atoms with E-state index in [1.54, 1.807) is 0 Å². The summed E-state index contributed by atoms with van der Waals surface area (Å²) >= 11 is 0. The van der Waals surface area contributed by atoms with Gasteiger partial charge in [-0.3, -0.25) is 0 Å². The lowest BCUT2D eigenvalue weighted by Crippen LogP contribution is -2.22. The van der Waals surface area contributed by atoms with Crippen LogP contribution in [0.15, 0.2) is 73.1 Å². The minimum atomic E-state index is -0.0529. The summed E-state index contributed by atoms with van der Waals surface area (Å²) in [6.07, 6.45) is 4.14. The quantitative estimate of drug-likeness (QED) is 0.691. The molecule has 4 nitrogen and oxygen atoms in total. The third-order valence-electron chi connectivity index (χ3n) is 4.42. The molecule has 0 radical (unpaired) electrons. The molecule has 128 valence electrons. The first kappa shape index (κ1) is 15.8. The highest BCUT2D eigenvalue weighted by Crippen LogP contribution is 2.33. The van der Waals surface area contributed by atoms with Crippen molar-refractivity contribution in [3.8, 4) is 11.4 Å². The second kappa shape index (κ2) is 7.03. The second-order valence-corrected chi connectivity index (χ2v) is 6.00. The predicted molar refractivity (Wildman–Crippen MR) is 99.4 cm³/mol. The summed E-state index contributed by atoms with van der Waals surface area (Å²) in [4.78, 5) is 2.30. The molecule has 1 aromatic heterocycles. The van der Waals surface area contributed by atoms with Gasteiger partial charge in [0.25, 0.3) is 0 Å². The Morgan fingerprint density at radius 2 is 1.84 bits per heavy atom. The van der Waals surface area contributed by atoms with Gasteiger partial charge >= 0.3 is 0 Å². The van der Waals surface area contributed by atoms with Gasteiger partial charge in [-0.05, 0) is 37.3 Å². The first-order valence-corrected chi connectivity index (χ1v) is 8.70. The van der Waals surface area contributed by atoms with Gasteiger partial charge in [-0.25, -0.2) is 0 Å². The normalized spacial score (nSPS) is 17.0. The molecule has 1 atom stereocenters. The zero-order chi connectivity index (χ0) is 17.1. The Kier molecular flexibility index (Phi) is 4.44. The number of benzene rings is 2. The van der Waals surface area contributed by atoms with E-state index in [9.17, 15) is 0 Å². The molecule has 0 unspecified atom stereocenters. The van der Waals surface area contributed by atoms with Crippen LogP contribution in [0.5, 0.6) is 5.75 Å². The van der Waals surface area contributed by atoms with Crippen LogP contribution in [0.2, 0.25) is 0 Å². The van der Waals surface area contributed by atoms with E-state index < -0.39 is 0 Å². The minimum Gasteiger partial charge on any atom is -0.492 e. The van der Waals surface area contributed by atoms with Crippen LogP contribution < -0.4 is 9.64 Å². The Hall–Kier alpha value is -2.72. The van der Waals surface area contributed by atoms with Gasteiger partial charge in [0, 0.05) is 30.2 Å². The van der Waals surface area contributed by atoms with E-state index >= 15 is 0 Å². The summed E-state index contributed by atoms with van der Waals surface area (Å²) in [7, 11) is 0. The van der Waals surface area contributed by atoms with Gasteiger partial charge in [0.05, 0.1) is 18.9 Å². The Bertz CT molecular complexity index is 829. The Morgan fingerprint density at radius 1 is 1.04 bits per heavy atom. The van der Waals surface area contributed by atoms with E-state index in [4.69, 9.17) is 9.47 Å². The largest absolute Gasteiger partial charge is 0.492 e. The molecule has 0 amide bonds. The summed E-state index contributed by atoms with van der Waals surface area (Å²) in [5.41, 5.74) is 3.37. The van der Waals surface area contributed by atoms with Crippen molar-refractivity contribution >= 4 is 5.69 Å². The van der Waals surface area contributed by atoms with Crippen LogP contribution in [0, 0.1) is 0 Å². The lowest BCUT2D eigenvalue weighted by molar-refractivity contribution is 0.114. The molecule has 4 rings (SSSR count). The van der Waals surface area contributed by atoms with Crippen LogP contribution in [0.25, 0.3) is 5.69 Å². The fraction of sp³-hybridized carbons (Fsp3) is 0.238. The number of anilines is 1. The highest BCUT2D eigenvalue weighted by molar-refractivity contribution is 5.50. The predicted octanol–water partition coefficient (Wildman–Crippen LogP) is 4.41. The van der Waals surface area contributed by atoms with Crippen molar-refractivity contribution in [3.05, 3.63) is 78.6 Å². The first-order valence-electron chi connectivity index (χ1n) is 8.70. The van der Waals surface area contributed by atoms with Gasteiger partial charge < -0.3 is 18.9 Å². The molecule has 1 fully saturated rings. The van der Waals surface area contributed by atoms with Crippen molar-refractivity contribution in [2.75, 3.05) is 24.7 Å². The molecule has 2 aromatic carbocycles. The molecule has 3 aromatic rings. The van der Waals surface area contributed by atoms with Crippen molar-refractivity contribution in [2.24, 2.45) is 0 Å². The lowest BCUT2D eigenvalue weighted by atomic mass is 10.2. The fourth-order valence-electron chi connectivity index (χ4n) is 3.29. The van der Waals surface area contributed by atoms with E-state index in [-0.39, 0.29) is 6.23 Å². The molecule has 1 aliphatic rings. The Balaban J connectivity index is 1.63. The van der Waals surface area contributed by atoms with Crippen LogP contribution >= 0.6 is 0 Å². The fourth-order valence-corrected chi connectivity index (χ4v) is 3.29. The zero-order valence-electron chi connectivity index (χ0n) is 14.3. The average molecular weight is 334 g/mol. The number of ether oxygens (including phenoxy) is 2. The third-order valence-corrected chi connectivity index (χ3v) is 4.42. The zero-order valence-corrected chi connectivity index (χ0v) is 14.3. The lowest BCUT2D eigenvalue weighted by Gasteiger charge is -2.24. The molecular formula is C21H22N2O2. The molecule has 25 heavy (non-hydrogen) atoms. The van der Waals surface area contributed by atoms with Crippen LogP contribution in [0.1, 0.15) is 18.7 Å². The standard InChI is InChI=1S/C21H22N2O2/c1-2-24-20-11-7-6-10-19(20)22-13-12-17(16-22)21-23(14-15-25-21)18-8-4-3-5-9-18/h3-13,16,21H,2,14-15H2,1H3/t21-/m1/s1. The molecule has 2 heterocycles. The van der Waals surface area contributed by atoms with Crippen molar-refractivity contribution in [1.29, 1.82) is 0 Å². The molecule has 4 heteroatoms. The number of nitrogens with zero attached hydrogens (tertiary/aromatic N) is 2. The van der Waals surface area contributed by atoms with Crippen molar-refractivity contribution in [1.82, 2.24) is 4.57 Å². The summed E-state index contributed by atoms with van der Waals surface area (Å²) < 4.78 is 13.9. The van der Waals surface area contributed by atoms with E-state index in [0.717, 1.165) is 30.2 Å². The van der Waals surface area contributed by atoms with Gasteiger partial charge in [-0.2, -0.15) is 0 Å². The van der Waals surface area contributed by atoms with E-state index in [1.165, 1.54) is 5.69 Å². The Labute approximate surface area is 148 Å². The molecule has 0 saturated carbocycles. The molecule has 0 bridgehead atoms. The van der Waals surface area contributed by atoms with Crippen LogP contribution in [0.3, 0.4) is 0 Å². The van der Waals surface area contributed by atoms with Gasteiger partial charge in [-0.1, -0.05) is 30.3 Å². The third kappa shape index (κ3) is 3.13. The van der Waals surface area contributed by atoms with E-state index in [0.29, 0.717) is 6.61 Å². The number of aromatic nitrogens is 1. The van der Waals surface area contributed by atoms with Gasteiger partial charge in [0.15, 0.2) is 6.23 Å². The molecule has 1 aliphatic heterocycles. The van der Waals surface area contributed by atoms with Crippen LogP contribution in [-0.4, -0.2) is 24.3 Å². The molecule has 1 saturated heterocycles. The summed E-state index contributed by atoms with van der Waals surface area (Å²) in [6.45, 7) is 4.29. The number of para-hydroxylation sites is 3. The highest BCUT2D eigenvalue weighted by atomic mass is 16.5. The summed E-state index contributed by atoms with van der Waals surface area (Å²) in [6, 6.07) is 20.6. The van der Waals surface area contributed by atoms with Gasteiger partial charge in [0.1, 0.15) is 5.75 Å². The van der Waals surface area contributed by atoms with Crippen LogP contribution in [-0.2, 0) is 4.74 Å². The van der Waals surface area contributed by atoms with Crippen molar-refractivity contribution in [2.45, 2.75) is 13.2 Å².